The largest absolute Gasteiger partial charge is 0.493 e. The highest BCUT2D eigenvalue weighted by Crippen LogP contribution is 2.38. The molecule has 0 saturated carbocycles. The van der Waals surface area contributed by atoms with Crippen LogP contribution in [-0.2, 0) is 0 Å². The minimum atomic E-state index is -0.394. The number of methoxy groups -OCH3 is 3. The van der Waals surface area contributed by atoms with E-state index < -0.39 is 5.91 Å². The van der Waals surface area contributed by atoms with Gasteiger partial charge in [-0.25, -0.2) is 4.68 Å². The molecule has 0 aliphatic heterocycles. The van der Waals surface area contributed by atoms with E-state index in [-0.39, 0.29) is 5.78 Å². The summed E-state index contributed by atoms with van der Waals surface area (Å²) < 4.78 is 16.9. The van der Waals surface area contributed by atoms with E-state index >= 15 is 0 Å². The number of carbonyl (C=O) groups excluding carboxylic acids is 2. The number of Topliss-reactive ketones (excluding diaryl/α,β-unsaturated/α-hetero) is 1. The molecule has 0 atom stereocenters. The first-order chi connectivity index (χ1) is 10.9. The van der Waals surface area contributed by atoms with Crippen LogP contribution in [0.5, 0.6) is 17.2 Å². The Morgan fingerprint density at radius 1 is 1.04 bits per heavy atom. The zero-order chi connectivity index (χ0) is 17.1. The molecule has 0 aliphatic rings. The van der Waals surface area contributed by atoms with Gasteiger partial charge in [-0.1, -0.05) is 0 Å². The van der Waals surface area contributed by atoms with E-state index in [0.29, 0.717) is 34.1 Å². The molecule has 7 nitrogen and oxygen atoms in total. The molecule has 122 valence electrons. The van der Waals surface area contributed by atoms with Gasteiger partial charge < -0.3 is 14.2 Å². The fraction of sp³-hybridized carbons (Fsp3) is 0.312. The molecule has 0 bridgehead atoms. The van der Waals surface area contributed by atoms with Gasteiger partial charge in [0, 0.05) is 5.56 Å². The Kier molecular flexibility index (Phi) is 4.68. The van der Waals surface area contributed by atoms with Crippen LogP contribution in [0.2, 0.25) is 0 Å². The van der Waals surface area contributed by atoms with E-state index in [1.807, 2.05) is 0 Å². The van der Waals surface area contributed by atoms with Gasteiger partial charge in [-0.3, -0.25) is 9.59 Å². The number of rotatable bonds is 5. The first-order valence-electron chi connectivity index (χ1n) is 6.84. The fourth-order valence-electron chi connectivity index (χ4n) is 2.29. The molecular formula is C16H18N2O5. The summed E-state index contributed by atoms with van der Waals surface area (Å²) in [6.45, 7) is 3.10. The molecule has 0 saturated heterocycles. The van der Waals surface area contributed by atoms with Crippen molar-refractivity contribution in [3.63, 3.8) is 0 Å². The summed E-state index contributed by atoms with van der Waals surface area (Å²) in [5.41, 5.74) is 1.20. The van der Waals surface area contributed by atoms with E-state index in [9.17, 15) is 9.59 Å². The zero-order valence-corrected chi connectivity index (χ0v) is 13.7. The molecule has 0 fully saturated rings. The Labute approximate surface area is 133 Å². The first kappa shape index (κ1) is 16.5. The number of ketones is 1. The minimum Gasteiger partial charge on any atom is -0.493 e. The summed E-state index contributed by atoms with van der Waals surface area (Å²) in [6, 6.07) is 3.08. The third-order valence-corrected chi connectivity index (χ3v) is 3.49. The normalized spacial score (nSPS) is 10.3. The van der Waals surface area contributed by atoms with Crippen molar-refractivity contribution in [1.29, 1.82) is 0 Å². The Hall–Kier alpha value is -2.83. The van der Waals surface area contributed by atoms with Crippen molar-refractivity contribution in [2.45, 2.75) is 13.8 Å². The third kappa shape index (κ3) is 2.90. The number of hydrogen-bond acceptors (Lipinski definition) is 6. The number of carbonyl (C=O) groups is 2. The molecule has 0 amide bonds. The summed E-state index contributed by atoms with van der Waals surface area (Å²) in [7, 11) is 4.43. The predicted octanol–water partition coefficient (Wildman–Crippen LogP) is 2.11. The van der Waals surface area contributed by atoms with Gasteiger partial charge in [-0.05, 0) is 26.0 Å². The highest BCUT2D eigenvalue weighted by atomic mass is 16.5. The molecule has 1 aromatic carbocycles. The van der Waals surface area contributed by atoms with Crippen molar-refractivity contribution in [2.75, 3.05) is 21.3 Å². The van der Waals surface area contributed by atoms with Crippen LogP contribution >= 0.6 is 0 Å². The number of benzene rings is 1. The maximum atomic E-state index is 12.7. The Bertz CT molecular complexity index is 739. The second kappa shape index (κ2) is 6.51. The zero-order valence-electron chi connectivity index (χ0n) is 13.7. The van der Waals surface area contributed by atoms with Crippen LogP contribution < -0.4 is 14.2 Å². The van der Waals surface area contributed by atoms with Gasteiger partial charge >= 0.3 is 0 Å². The molecule has 0 radical (unpaired) electrons. The minimum absolute atomic E-state index is 0.147. The van der Waals surface area contributed by atoms with Crippen LogP contribution in [0.4, 0.5) is 0 Å². The molecule has 2 rings (SSSR count). The second-order valence-electron chi connectivity index (χ2n) is 4.83. The standard InChI is InChI=1S/C16H18N2O5/c1-9-12(10(2)19)8-17-18(9)16(20)11-6-13(21-3)15(23-5)14(7-11)22-4/h6-8H,1-5H3. The molecule has 2 aromatic rings. The van der Waals surface area contributed by atoms with Crippen LogP contribution in [0.25, 0.3) is 0 Å². The second-order valence-corrected chi connectivity index (χ2v) is 4.83. The predicted molar refractivity (Wildman–Crippen MR) is 82.8 cm³/mol. The van der Waals surface area contributed by atoms with Gasteiger partial charge in [0.2, 0.25) is 5.75 Å². The van der Waals surface area contributed by atoms with Gasteiger partial charge in [-0.2, -0.15) is 5.10 Å². The third-order valence-electron chi connectivity index (χ3n) is 3.49. The van der Waals surface area contributed by atoms with E-state index in [0.717, 1.165) is 0 Å². The van der Waals surface area contributed by atoms with Gasteiger partial charge in [-0.15, -0.1) is 0 Å². The van der Waals surface area contributed by atoms with Crippen molar-refractivity contribution < 1.29 is 23.8 Å². The van der Waals surface area contributed by atoms with Crippen molar-refractivity contribution >= 4 is 11.7 Å². The van der Waals surface area contributed by atoms with Gasteiger partial charge in [0.05, 0.1) is 38.8 Å². The number of ether oxygens (including phenoxy) is 3. The smallest absolute Gasteiger partial charge is 0.278 e. The van der Waals surface area contributed by atoms with Crippen molar-refractivity contribution in [3.8, 4) is 17.2 Å². The van der Waals surface area contributed by atoms with Gasteiger partial charge in [0.1, 0.15) is 0 Å². The molecule has 0 N–H and O–H groups in total. The average Bonchev–Trinajstić information content (AvgIpc) is 2.94. The fourth-order valence-corrected chi connectivity index (χ4v) is 2.29. The lowest BCUT2D eigenvalue weighted by Gasteiger charge is -2.14. The Balaban J connectivity index is 2.53. The molecule has 23 heavy (non-hydrogen) atoms. The molecule has 0 aliphatic carbocycles. The lowest BCUT2D eigenvalue weighted by Crippen LogP contribution is -2.16. The molecule has 0 unspecified atom stereocenters. The molecule has 7 heteroatoms. The molecular weight excluding hydrogens is 300 g/mol. The van der Waals surface area contributed by atoms with Crippen molar-refractivity contribution in [3.05, 3.63) is 35.2 Å². The van der Waals surface area contributed by atoms with Gasteiger partial charge in [0.15, 0.2) is 17.3 Å². The summed E-state index contributed by atoms with van der Waals surface area (Å²) >= 11 is 0. The summed E-state index contributed by atoms with van der Waals surface area (Å²) in [5.74, 6) is 0.590. The number of aromatic nitrogens is 2. The Morgan fingerprint density at radius 2 is 1.61 bits per heavy atom. The van der Waals surface area contributed by atoms with Crippen molar-refractivity contribution in [2.24, 2.45) is 0 Å². The highest BCUT2D eigenvalue weighted by Gasteiger charge is 2.21. The highest BCUT2D eigenvalue weighted by molar-refractivity contribution is 6.00. The maximum absolute atomic E-state index is 12.7. The Morgan fingerprint density at radius 3 is 2.00 bits per heavy atom. The van der Waals surface area contributed by atoms with E-state index in [1.165, 1.54) is 51.3 Å². The van der Waals surface area contributed by atoms with E-state index in [4.69, 9.17) is 14.2 Å². The quantitative estimate of drug-likeness (QED) is 0.786. The summed E-state index contributed by atoms with van der Waals surface area (Å²) in [6.07, 6.45) is 1.38. The molecule has 1 heterocycles. The lowest BCUT2D eigenvalue weighted by molar-refractivity contribution is 0.0942. The first-order valence-corrected chi connectivity index (χ1v) is 6.84. The van der Waals surface area contributed by atoms with Crippen LogP contribution in [-0.4, -0.2) is 42.8 Å². The monoisotopic (exact) mass is 318 g/mol. The SMILES string of the molecule is COc1cc(C(=O)n2ncc(C(C)=O)c2C)cc(OC)c1OC. The average molecular weight is 318 g/mol. The number of hydrogen-bond donors (Lipinski definition) is 0. The van der Waals surface area contributed by atoms with Crippen molar-refractivity contribution in [1.82, 2.24) is 9.78 Å². The maximum Gasteiger partial charge on any atom is 0.278 e. The number of nitrogens with zero attached hydrogens (tertiary/aromatic N) is 2. The van der Waals surface area contributed by atoms with Crippen LogP contribution in [0.3, 0.4) is 0 Å². The molecule has 0 spiro atoms. The molecule has 1 aromatic heterocycles. The van der Waals surface area contributed by atoms with Crippen LogP contribution in [0.15, 0.2) is 18.3 Å². The lowest BCUT2D eigenvalue weighted by atomic mass is 10.1. The summed E-state index contributed by atoms with van der Waals surface area (Å²) in [5, 5.41) is 4.00. The summed E-state index contributed by atoms with van der Waals surface area (Å²) in [4.78, 5) is 24.2. The topological polar surface area (TPSA) is 79.7 Å². The van der Waals surface area contributed by atoms with E-state index in [2.05, 4.69) is 5.10 Å². The van der Waals surface area contributed by atoms with Crippen LogP contribution in [0.1, 0.15) is 33.3 Å². The van der Waals surface area contributed by atoms with Gasteiger partial charge in [0.25, 0.3) is 5.91 Å². The van der Waals surface area contributed by atoms with Crippen LogP contribution in [0, 0.1) is 6.92 Å². The van der Waals surface area contributed by atoms with E-state index in [1.54, 1.807) is 6.92 Å².